The van der Waals surface area contributed by atoms with Crippen LogP contribution in [0.5, 0.6) is 0 Å². The van der Waals surface area contributed by atoms with Gasteiger partial charge in [0.2, 0.25) is 0 Å². The molecule has 8 nitrogen and oxygen atoms in total. The first-order valence-electron chi connectivity index (χ1n) is 7.99. The lowest BCUT2D eigenvalue weighted by atomic mass is 10.2. The summed E-state index contributed by atoms with van der Waals surface area (Å²) in [5.74, 6) is 1.30. The third-order valence-electron chi connectivity index (χ3n) is 4.17. The summed E-state index contributed by atoms with van der Waals surface area (Å²) in [6.07, 6.45) is 1.72. The fraction of sp³-hybridized carbons (Fsp3) is 0.500. The van der Waals surface area contributed by atoms with Gasteiger partial charge in [0, 0.05) is 32.0 Å². The quantitative estimate of drug-likeness (QED) is 0.883. The van der Waals surface area contributed by atoms with Crippen LogP contribution < -0.4 is 10.2 Å². The summed E-state index contributed by atoms with van der Waals surface area (Å²) in [5, 5.41) is 7.15. The summed E-state index contributed by atoms with van der Waals surface area (Å²) in [7, 11) is 1.83. The molecule has 2 aromatic heterocycles. The average molecular weight is 330 g/mol. The van der Waals surface area contributed by atoms with Crippen molar-refractivity contribution in [3.8, 4) is 0 Å². The van der Waals surface area contributed by atoms with Gasteiger partial charge in [0.05, 0.1) is 31.0 Å². The SMILES string of the molecule is Cc1nn(C)c(C)c1C(=O)NCc1nccc(N2CCOCC2)n1. The first-order valence-corrected chi connectivity index (χ1v) is 7.99. The largest absolute Gasteiger partial charge is 0.378 e. The van der Waals surface area contributed by atoms with Crippen LogP contribution in [0.2, 0.25) is 0 Å². The highest BCUT2D eigenvalue weighted by Gasteiger charge is 2.18. The highest BCUT2D eigenvalue weighted by molar-refractivity contribution is 5.96. The van der Waals surface area contributed by atoms with Gasteiger partial charge in [0.1, 0.15) is 11.6 Å². The molecule has 0 atom stereocenters. The molecule has 0 bridgehead atoms. The zero-order chi connectivity index (χ0) is 17.1. The van der Waals surface area contributed by atoms with Crippen LogP contribution in [0.25, 0.3) is 0 Å². The predicted octanol–water partition coefficient (Wildman–Crippen LogP) is 0.594. The monoisotopic (exact) mass is 330 g/mol. The zero-order valence-corrected chi connectivity index (χ0v) is 14.2. The Morgan fingerprint density at radius 2 is 2.08 bits per heavy atom. The summed E-state index contributed by atoms with van der Waals surface area (Å²) in [6, 6.07) is 1.88. The van der Waals surface area contributed by atoms with Gasteiger partial charge in [-0.25, -0.2) is 9.97 Å². The minimum Gasteiger partial charge on any atom is -0.378 e. The molecule has 1 aliphatic heterocycles. The number of aromatic nitrogens is 4. The van der Waals surface area contributed by atoms with Crippen LogP contribution >= 0.6 is 0 Å². The summed E-state index contributed by atoms with van der Waals surface area (Å²) in [4.78, 5) is 23.4. The van der Waals surface area contributed by atoms with E-state index in [4.69, 9.17) is 4.74 Å². The molecule has 0 spiro atoms. The number of morpholine rings is 1. The Labute approximate surface area is 140 Å². The van der Waals surface area contributed by atoms with E-state index in [2.05, 4.69) is 25.3 Å². The third kappa shape index (κ3) is 3.38. The van der Waals surface area contributed by atoms with Crippen LogP contribution in [-0.4, -0.2) is 52.0 Å². The lowest BCUT2D eigenvalue weighted by Gasteiger charge is -2.27. The third-order valence-corrected chi connectivity index (χ3v) is 4.17. The highest BCUT2D eigenvalue weighted by atomic mass is 16.5. The predicted molar refractivity (Wildman–Crippen MR) is 88.9 cm³/mol. The Morgan fingerprint density at radius 1 is 1.33 bits per heavy atom. The second-order valence-electron chi connectivity index (χ2n) is 5.78. The Morgan fingerprint density at radius 3 is 2.75 bits per heavy atom. The Balaban J connectivity index is 1.67. The molecular weight excluding hydrogens is 308 g/mol. The molecule has 1 fully saturated rings. The van der Waals surface area contributed by atoms with Crippen molar-refractivity contribution in [3.63, 3.8) is 0 Å². The first-order chi connectivity index (χ1) is 11.6. The van der Waals surface area contributed by atoms with E-state index in [1.165, 1.54) is 0 Å². The fourth-order valence-electron chi connectivity index (χ4n) is 2.79. The number of amides is 1. The van der Waals surface area contributed by atoms with E-state index in [9.17, 15) is 4.79 Å². The van der Waals surface area contributed by atoms with E-state index in [0.717, 1.165) is 30.3 Å². The first kappa shape index (κ1) is 16.4. The summed E-state index contributed by atoms with van der Waals surface area (Å²) >= 11 is 0. The van der Waals surface area contributed by atoms with Gasteiger partial charge in [-0.3, -0.25) is 9.48 Å². The van der Waals surface area contributed by atoms with Crippen LogP contribution in [0.1, 0.15) is 27.6 Å². The van der Waals surface area contributed by atoms with Crippen molar-refractivity contribution in [2.45, 2.75) is 20.4 Å². The molecule has 0 saturated carbocycles. The molecular formula is C16H22N6O2. The number of rotatable bonds is 4. The smallest absolute Gasteiger partial charge is 0.255 e. The number of hydrogen-bond donors (Lipinski definition) is 1. The normalized spacial score (nSPS) is 14.7. The van der Waals surface area contributed by atoms with Gasteiger partial charge < -0.3 is 15.0 Å². The molecule has 1 aliphatic rings. The van der Waals surface area contributed by atoms with Crippen molar-refractivity contribution in [1.29, 1.82) is 0 Å². The summed E-state index contributed by atoms with van der Waals surface area (Å²) in [5.41, 5.74) is 2.17. The van der Waals surface area contributed by atoms with E-state index >= 15 is 0 Å². The molecule has 0 unspecified atom stereocenters. The van der Waals surface area contributed by atoms with Crippen LogP contribution in [0.4, 0.5) is 5.82 Å². The lowest BCUT2D eigenvalue weighted by Crippen LogP contribution is -2.37. The molecule has 1 N–H and O–H groups in total. The van der Waals surface area contributed by atoms with E-state index in [1.807, 2.05) is 27.0 Å². The van der Waals surface area contributed by atoms with Gasteiger partial charge in [-0.1, -0.05) is 0 Å². The summed E-state index contributed by atoms with van der Waals surface area (Å²) in [6.45, 7) is 7.03. The number of anilines is 1. The van der Waals surface area contributed by atoms with Crippen LogP contribution in [0, 0.1) is 13.8 Å². The molecule has 0 aromatic carbocycles. The van der Waals surface area contributed by atoms with Crippen molar-refractivity contribution in [3.05, 3.63) is 35.0 Å². The Kier molecular flexibility index (Phi) is 4.75. The number of aryl methyl sites for hydroxylation is 2. The Hall–Kier alpha value is -2.48. The number of hydrogen-bond acceptors (Lipinski definition) is 6. The number of carbonyl (C=O) groups excluding carboxylic acids is 1. The minimum atomic E-state index is -0.154. The van der Waals surface area contributed by atoms with Crippen LogP contribution in [0.3, 0.4) is 0 Å². The molecule has 3 rings (SSSR count). The molecule has 0 aliphatic carbocycles. The topological polar surface area (TPSA) is 85.2 Å². The van der Waals surface area contributed by atoms with Crippen molar-refractivity contribution in [2.75, 3.05) is 31.2 Å². The molecule has 1 amide bonds. The van der Waals surface area contributed by atoms with Gasteiger partial charge in [-0.2, -0.15) is 5.10 Å². The average Bonchev–Trinajstić information content (AvgIpc) is 2.86. The van der Waals surface area contributed by atoms with Crippen molar-refractivity contribution >= 4 is 11.7 Å². The second-order valence-corrected chi connectivity index (χ2v) is 5.78. The van der Waals surface area contributed by atoms with E-state index in [-0.39, 0.29) is 12.5 Å². The van der Waals surface area contributed by atoms with Gasteiger partial charge >= 0.3 is 0 Å². The standard InChI is InChI=1S/C16H22N6O2/c1-11-15(12(2)21(3)20-11)16(23)18-10-13-17-5-4-14(19-13)22-6-8-24-9-7-22/h4-5H,6-10H2,1-3H3,(H,18,23). The maximum atomic E-state index is 12.4. The van der Waals surface area contributed by atoms with E-state index < -0.39 is 0 Å². The van der Waals surface area contributed by atoms with Gasteiger partial charge in [-0.15, -0.1) is 0 Å². The molecule has 2 aromatic rings. The number of carbonyl (C=O) groups is 1. The zero-order valence-electron chi connectivity index (χ0n) is 14.2. The lowest BCUT2D eigenvalue weighted by molar-refractivity contribution is 0.0948. The number of ether oxygens (including phenoxy) is 1. The van der Waals surface area contributed by atoms with Gasteiger partial charge in [-0.05, 0) is 19.9 Å². The second kappa shape index (κ2) is 6.96. The van der Waals surface area contributed by atoms with Crippen LogP contribution in [-0.2, 0) is 18.3 Å². The van der Waals surface area contributed by atoms with Crippen molar-refractivity contribution in [2.24, 2.45) is 7.05 Å². The van der Waals surface area contributed by atoms with E-state index in [0.29, 0.717) is 24.6 Å². The molecule has 3 heterocycles. The highest BCUT2D eigenvalue weighted by Crippen LogP contribution is 2.13. The fourth-order valence-corrected chi connectivity index (χ4v) is 2.79. The van der Waals surface area contributed by atoms with Crippen LogP contribution in [0.15, 0.2) is 12.3 Å². The van der Waals surface area contributed by atoms with Gasteiger partial charge in [0.25, 0.3) is 5.91 Å². The minimum absolute atomic E-state index is 0.154. The molecule has 1 saturated heterocycles. The summed E-state index contributed by atoms with van der Waals surface area (Å²) < 4.78 is 7.06. The Bertz CT molecular complexity index is 736. The van der Waals surface area contributed by atoms with Gasteiger partial charge in [0.15, 0.2) is 0 Å². The molecule has 128 valence electrons. The molecule has 0 radical (unpaired) electrons. The maximum Gasteiger partial charge on any atom is 0.255 e. The van der Waals surface area contributed by atoms with Crippen molar-refractivity contribution in [1.82, 2.24) is 25.1 Å². The molecule has 24 heavy (non-hydrogen) atoms. The maximum absolute atomic E-state index is 12.4. The molecule has 8 heteroatoms. The van der Waals surface area contributed by atoms with E-state index in [1.54, 1.807) is 10.9 Å². The van der Waals surface area contributed by atoms with Crippen molar-refractivity contribution < 1.29 is 9.53 Å². The number of nitrogens with one attached hydrogen (secondary N) is 1. The number of nitrogens with zero attached hydrogens (tertiary/aromatic N) is 5.